The third kappa shape index (κ3) is 7.77. The molecule has 0 aromatic rings. The van der Waals surface area contributed by atoms with E-state index in [1.54, 1.807) is 0 Å². The average molecular weight is 522 g/mol. The first-order valence-corrected chi connectivity index (χ1v) is 10.4. The molecule has 0 aliphatic rings. The van der Waals surface area contributed by atoms with Gasteiger partial charge in [0, 0.05) is 19.5 Å². The third-order valence-corrected chi connectivity index (χ3v) is 4.75. The Bertz CT molecular complexity index is 820. The number of carbonyl (C=O) groups is 2. The van der Waals surface area contributed by atoms with Crippen molar-refractivity contribution in [2.45, 2.75) is 56.5 Å². The highest BCUT2D eigenvalue weighted by Gasteiger charge is 2.68. The van der Waals surface area contributed by atoms with Crippen LogP contribution in [-0.2, 0) is 29.2 Å². The minimum absolute atomic E-state index is 0.0232. The van der Waals surface area contributed by atoms with Crippen molar-refractivity contribution in [3.05, 3.63) is 12.2 Å². The van der Waals surface area contributed by atoms with Crippen LogP contribution in [0.25, 0.3) is 0 Å². The van der Waals surface area contributed by atoms with Crippen LogP contribution in [0.4, 0.5) is 35.1 Å². The van der Waals surface area contributed by atoms with Crippen molar-refractivity contribution in [1.29, 1.82) is 0 Å². The van der Waals surface area contributed by atoms with Crippen LogP contribution in [0.2, 0.25) is 0 Å². The average Bonchev–Trinajstić information content (AvgIpc) is 2.62. The minimum Gasteiger partial charge on any atom is -0.743 e. The number of hydrogen-bond acceptors (Lipinski definition) is 7. The first-order chi connectivity index (χ1) is 14.7. The second kappa shape index (κ2) is 10.9. The predicted molar refractivity (Wildman–Crippen MR) is 92.4 cm³/mol. The number of ether oxygens (including phenoxy) is 2. The lowest BCUT2D eigenvalue weighted by Crippen LogP contribution is -2.63. The smallest absolute Gasteiger partial charge is 0.466 e. The van der Waals surface area contributed by atoms with Gasteiger partial charge in [-0.1, -0.05) is 20.4 Å². The predicted octanol–water partition coefficient (Wildman–Crippen LogP) is 3.10. The normalized spacial score (nSPS) is 15.0. The third-order valence-electron chi connectivity index (χ3n) is 3.82. The van der Waals surface area contributed by atoms with Crippen molar-refractivity contribution in [3.63, 3.8) is 0 Å². The zero-order chi connectivity index (χ0) is 26.5. The van der Waals surface area contributed by atoms with Crippen molar-refractivity contribution >= 4 is 22.0 Å². The second-order valence-electron chi connectivity index (χ2n) is 6.46. The molecule has 0 aliphatic carbocycles. The van der Waals surface area contributed by atoms with Crippen LogP contribution in [0.5, 0.6) is 0 Å². The lowest BCUT2D eigenvalue weighted by molar-refractivity contribution is -0.352. The maximum absolute atomic E-state index is 13.9. The zero-order valence-electron chi connectivity index (χ0n) is 17.2. The summed E-state index contributed by atoms with van der Waals surface area (Å²) in [7, 11) is -6.38. The Kier molecular flexibility index (Phi) is 10.3. The SMILES string of the molecule is C=C(C(=O)OC(OCCC(F)(F)S(=O)(=O)[O-])(C(=O)N(CCC)CCC)C(F)(F)F)C(F)(F)F. The van der Waals surface area contributed by atoms with E-state index in [2.05, 4.69) is 16.1 Å². The molecular weight excluding hydrogens is 502 g/mol. The Morgan fingerprint density at radius 1 is 0.970 bits per heavy atom. The quantitative estimate of drug-likeness (QED) is 0.127. The van der Waals surface area contributed by atoms with Gasteiger partial charge in [0.25, 0.3) is 0 Å². The number of hydrogen-bond donors (Lipinski definition) is 0. The lowest BCUT2D eigenvalue weighted by Gasteiger charge is -2.37. The van der Waals surface area contributed by atoms with E-state index in [9.17, 15) is 57.7 Å². The number of carbonyl (C=O) groups excluding carboxylic acids is 2. The monoisotopic (exact) mass is 522 g/mol. The molecule has 0 aromatic heterocycles. The van der Waals surface area contributed by atoms with Crippen LogP contribution in [-0.4, -0.2) is 72.8 Å². The molecule has 194 valence electrons. The number of rotatable bonds is 12. The van der Waals surface area contributed by atoms with Gasteiger partial charge in [0.1, 0.15) is 5.57 Å². The van der Waals surface area contributed by atoms with E-state index in [0.717, 1.165) is 0 Å². The second-order valence-corrected chi connectivity index (χ2v) is 7.97. The highest BCUT2D eigenvalue weighted by molar-refractivity contribution is 7.86. The first-order valence-electron chi connectivity index (χ1n) is 9.00. The van der Waals surface area contributed by atoms with Crippen molar-refractivity contribution in [2.24, 2.45) is 0 Å². The first kappa shape index (κ1) is 31.0. The molecule has 0 fully saturated rings. The Labute approximate surface area is 183 Å². The molecule has 1 atom stereocenters. The summed E-state index contributed by atoms with van der Waals surface area (Å²) in [5.41, 5.74) is -2.47. The molecule has 0 N–H and O–H groups in total. The van der Waals surface area contributed by atoms with E-state index in [0.29, 0.717) is 4.90 Å². The van der Waals surface area contributed by atoms with Gasteiger partial charge in [-0.15, -0.1) is 0 Å². The molecular formula is C16H20F8NO7S-. The summed E-state index contributed by atoms with van der Waals surface area (Å²) < 4.78 is 146. The van der Waals surface area contributed by atoms with Crippen LogP contribution in [0.1, 0.15) is 33.1 Å². The van der Waals surface area contributed by atoms with Gasteiger partial charge in [-0.2, -0.15) is 35.1 Å². The van der Waals surface area contributed by atoms with Crippen LogP contribution in [0, 0.1) is 0 Å². The summed E-state index contributed by atoms with van der Waals surface area (Å²) in [6.07, 6.45) is -13.9. The standard InChI is InChI=1S/C16H21F8NO7S/c1-4-7-25(8-5-2)12(27)14(16(22,23)24,32-11(26)10(3)15(19,20)21)31-9-6-13(17,18)33(28,29)30/h3-9H2,1-2H3,(H,28,29,30)/p-1. The van der Waals surface area contributed by atoms with Crippen molar-refractivity contribution < 1.29 is 67.2 Å². The van der Waals surface area contributed by atoms with Gasteiger partial charge >= 0.3 is 35.3 Å². The van der Waals surface area contributed by atoms with Gasteiger partial charge in [0.2, 0.25) is 0 Å². The molecule has 0 rings (SSSR count). The molecule has 0 heterocycles. The van der Waals surface area contributed by atoms with Gasteiger partial charge in [-0.3, -0.25) is 4.79 Å². The van der Waals surface area contributed by atoms with Gasteiger partial charge in [-0.25, -0.2) is 13.2 Å². The Hall–Kier alpha value is -2.01. The van der Waals surface area contributed by atoms with Crippen LogP contribution in [0.15, 0.2) is 12.2 Å². The highest BCUT2D eigenvalue weighted by atomic mass is 32.2. The molecule has 0 aromatic carbocycles. The Morgan fingerprint density at radius 3 is 1.76 bits per heavy atom. The molecule has 0 bridgehead atoms. The van der Waals surface area contributed by atoms with Crippen molar-refractivity contribution in [2.75, 3.05) is 19.7 Å². The molecule has 1 unspecified atom stereocenters. The number of alkyl halides is 8. The van der Waals surface area contributed by atoms with Gasteiger partial charge < -0.3 is 18.9 Å². The molecule has 17 heteroatoms. The fourth-order valence-electron chi connectivity index (χ4n) is 2.21. The summed E-state index contributed by atoms with van der Waals surface area (Å²) in [5, 5.41) is -5.17. The molecule has 8 nitrogen and oxygen atoms in total. The van der Waals surface area contributed by atoms with E-state index in [4.69, 9.17) is 0 Å². The number of halogens is 8. The Morgan fingerprint density at radius 2 is 1.42 bits per heavy atom. The Balaban J connectivity index is 6.46. The number of esters is 1. The maximum Gasteiger partial charge on any atom is 0.466 e. The summed E-state index contributed by atoms with van der Waals surface area (Å²) in [5.74, 6) is -9.93. The molecule has 0 saturated carbocycles. The highest BCUT2D eigenvalue weighted by Crippen LogP contribution is 2.39. The van der Waals surface area contributed by atoms with E-state index >= 15 is 0 Å². The molecule has 0 radical (unpaired) electrons. The lowest BCUT2D eigenvalue weighted by atomic mass is 10.2. The van der Waals surface area contributed by atoms with Gasteiger partial charge in [-0.05, 0) is 12.8 Å². The summed E-state index contributed by atoms with van der Waals surface area (Å²) >= 11 is 0. The van der Waals surface area contributed by atoms with Gasteiger partial charge in [0.05, 0.1) is 6.61 Å². The van der Waals surface area contributed by atoms with E-state index < -0.39 is 77.1 Å². The molecule has 0 aliphatic heterocycles. The van der Waals surface area contributed by atoms with Crippen molar-refractivity contribution in [3.8, 4) is 0 Å². The van der Waals surface area contributed by atoms with E-state index in [1.165, 1.54) is 13.8 Å². The largest absolute Gasteiger partial charge is 0.743 e. The fourth-order valence-corrected chi connectivity index (χ4v) is 2.54. The number of amides is 1. The topological polar surface area (TPSA) is 113 Å². The molecule has 0 saturated heterocycles. The zero-order valence-corrected chi connectivity index (χ0v) is 18.0. The van der Waals surface area contributed by atoms with E-state index in [1.807, 2.05) is 0 Å². The van der Waals surface area contributed by atoms with E-state index in [-0.39, 0.29) is 12.8 Å². The molecule has 0 spiro atoms. The fraction of sp³-hybridized carbons (Fsp3) is 0.750. The summed E-state index contributed by atoms with van der Waals surface area (Å²) in [6.45, 7) is 2.15. The molecule has 33 heavy (non-hydrogen) atoms. The minimum atomic E-state index is -6.38. The summed E-state index contributed by atoms with van der Waals surface area (Å²) in [6, 6.07) is 0. The van der Waals surface area contributed by atoms with Gasteiger partial charge in [0.15, 0.2) is 10.1 Å². The summed E-state index contributed by atoms with van der Waals surface area (Å²) in [4.78, 5) is 24.8. The molecule has 1 amide bonds. The van der Waals surface area contributed by atoms with Crippen LogP contribution < -0.4 is 0 Å². The van der Waals surface area contributed by atoms with Crippen molar-refractivity contribution in [1.82, 2.24) is 4.90 Å². The van der Waals surface area contributed by atoms with Crippen LogP contribution in [0.3, 0.4) is 0 Å². The van der Waals surface area contributed by atoms with Crippen LogP contribution >= 0.6 is 0 Å². The maximum atomic E-state index is 13.9. The number of nitrogens with zero attached hydrogens (tertiary/aromatic N) is 1.